The summed E-state index contributed by atoms with van der Waals surface area (Å²) in [4.78, 5) is 4.50. The molecule has 0 atom stereocenters. The van der Waals surface area contributed by atoms with Crippen LogP contribution in [-0.2, 0) is 0 Å². The Hall–Kier alpha value is -3.22. The SMILES string of the molecule is CCOc1nc(-c2ccc3c(c2)OCO3)n(-c2ccc(N)cc2)n1. The number of nitrogens with two attached hydrogens (primary N) is 1. The van der Waals surface area contributed by atoms with Gasteiger partial charge in [0.2, 0.25) is 6.79 Å². The molecule has 24 heavy (non-hydrogen) atoms. The van der Waals surface area contributed by atoms with E-state index in [1.54, 1.807) is 4.68 Å². The number of anilines is 1. The minimum Gasteiger partial charge on any atom is -0.463 e. The van der Waals surface area contributed by atoms with Gasteiger partial charge in [0.25, 0.3) is 0 Å². The molecule has 0 bridgehead atoms. The number of rotatable bonds is 4. The van der Waals surface area contributed by atoms with Gasteiger partial charge in [0.15, 0.2) is 17.3 Å². The van der Waals surface area contributed by atoms with Gasteiger partial charge in [0.1, 0.15) is 0 Å². The zero-order chi connectivity index (χ0) is 16.5. The molecule has 2 heterocycles. The van der Waals surface area contributed by atoms with Crippen LogP contribution in [0, 0.1) is 0 Å². The Bertz CT molecular complexity index is 874. The number of hydrogen-bond donors (Lipinski definition) is 1. The van der Waals surface area contributed by atoms with Crippen LogP contribution < -0.4 is 19.9 Å². The molecular formula is C17H16N4O3. The summed E-state index contributed by atoms with van der Waals surface area (Å²) in [6.45, 7) is 2.62. The Morgan fingerprint density at radius 1 is 1.12 bits per heavy atom. The lowest BCUT2D eigenvalue weighted by Gasteiger charge is -2.06. The van der Waals surface area contributed by atoms with Crippen molar-refractivity contribution in [2.75, 3.05) is 19.1 Å². The Balaban J connectivity index is 1.82. The van der Waals surface area contributed by atoms with E-state index in [9.17, 15) is 0 Å². The van der Waals surface area contributed by atoms with E-state index in [4.69, 9.17) is 19.9 Å². The number of fused-ring (bicyclic) bond motifs is 1. The Labute approximate surface area is 138 Å². The Morgan fingerprint density at radius 3 is 2.71 bits per heavy atom. The molecule has 7 nitrogen and oxygen atoms in total. The largest absolute Gasteiger partial charge is 0.463 e. The summed E-state index contributed by atoms with van der Waals surface area (Å²) in [6, 6.07) is 13.4. The first-order chi connectivity index (χ1) is 11.7. The second-order valence-corrected chi connectivity index (χ2v) is 5.22. The Morgan fingerprint density at radius 2 is 1.92 bits per heavy atom. The molecule has 7 heteroatoms. The average Bonchev–Trinajstić information content (AvgIpc) is 3.22. The van der Waals surface area contributed by atoms with Crippen LogP contribution in [0.5, 0.6) is 17.5 Å². The fourth-order valence-electron chi connectivity index (χ4n) is 2.50. The van der Waals surface area contributed by atoms with Gasteiger partial charge in [-0.2, -0.15) is 4.98 Å². The topological polar surface area (TPSA) is 84.4 Å². The fourth-order valence-corrected chi connectivity index (χ4v) is 2.50. The lowest BCUT2D eigenvalue weighted by Crippen LogP contribution is -2.00. The predicted octanol–water partition coefficient (Wildman–Crippen LogP) is 2.64. The lowest BCUT2D eigenvalue weighted by molar-refractivity contribution is 0.174. The van der Waals surface area contributed by atoms with Gasteiger partial charge in [-0.3, -0.25) is 0 Å². The second kappa shape index (κ2) is 5.77. The highest BCUT2D eigenvalue weighted by Gasteiger charge is 2.19. The molecule has 1 aliphatic heterocycles. The van der Waals surface area contributed by atoms with Crippen LogP contribution in [0.3, 0.4) is 0 Å². The van der Waals surface area contributed by atoms with Gasteiger partial charge in [0, 0.05) is 11.3 Å². The van der Waals surface area contributed by atoms with Crippen LogP contribution >= 0.6 is 0 Å². The summed E-state index contributed by atoms with van der Waals surface area (Å²) in [5.74, 6) is 2.07. The van der Waals surface area contributed by atoms with E-state index < -0.39 is 0 Å². The monoisotopic (exact) mass is 324 g/mol. The van der Waals surface area contributed by atoms with Gasteiger partial charge in [-0.05, 0) is 49.4 Å². The highest BCUT2D eigenvalue weighted by Crippen LogP contribution is 2.36. The second-order valence-electron chi connectivity index (χ2n) is 5.22. The number of ether oxygens (including phenoxy) is 3. The molecule has 2 aromatic carbocycles. The van der Waals surface area contributed by atoms with E-state index in [2.05, 4.69) is 10.1 Å². The first kappa shape index (κ1) is 14.4. The third-order valence-corrected chi connectivity index (χ3v) is 3.63. The summed E-state index contributed by atoms with van der Waals surface area (Å²) < 4.78 is 18.0. The third kappa shape index (κ3) is 2.50. The zero-order valence-corrected chi connectivity index (χ0v) is 13.1. The predicted molar refractivity (Wildman–Crippen MR) is 88.5 cm³/mol. The van der Waals surface area contributed by atoms with Gasteiger partial charge >= 0.3 is 6.01 Å². The van der Waals surface area contributed by atoms with E-state index in [-0.39, 0.29) is 6.79 Å². The third-order valence-electron chi connectivity index (χ3n) is 3.63. The normalized spacial score (nSPS) is 12.4. The molecule has 0 radical (unpaired) electrons. The highest BCUT2D eigenvalue weighted by atomic mass is 16.7. The van der Waals surface area contributed by atoms with Crippen molar-refractivity contribution in [3.05, 3.63) is 42.5 Å². The average molecular weight is 324 g/mol. The van der Waals surface area contributed by atoms with Gasteiger partial charge in [-0.1, -0.05) is 0 Å². The summed E-state index contributed by atoms with van der Waals surface area (Å²) in [5.41, 5.74) is 8.16. The number of nitrogens with zero attached hydrogens (tertiary/aromatic N) is 3. The molecule has 0 fully saturated rings. The summed E-state index contributed by atoms with van der Waals surface area (Å²) in [7, 11) is 0. The molecule has 0 spiro atoms. The quantitative estimate of drug-likeness (QED) is 0.743. The van der Waals surface area contributed by atoms with E-state index in [1.807, 2.05) is 49.4 Å². The highest BCUT2D eigenvalue weighted by molar-refractivity contribution is 5.64. The number of nitrogen functional groups attached to an aromatic ring is 1. The lowest BCUT2D eigenvalue weighted by atomic mass is 10.2. The molecule has 0 saturated carbocycles. The van der Waals surface area contributed by atoms with E-state index in [1.165, 1.54) is 0 Å². The molecule has 1 aliphatic rings. The maximum absolute atomic E-state index is 5.77. The molecule has 0 saturated heterocycles. The molecule has 0 amide bonds. The summed E-state index contributed by atoms with van der Waals surface area (Å²) in [6.07, 6.45) is 0. The van der Waals surface area contributed by atoms with Crippen molar-refractivity contribution in [1.29, 1.82) is 0 Å². The van der Waals surface area contributed by atoms with E-state index in [0.717, 1.165) is 17.0 Å². The molecule has 4 rings (SSSR count). The van der Waals surface area contributed by atoms with Crippen molar-refractivity contribution in [3.8, 4) is 34.6 Å². The molecule has 2 N–H and O–H groups in total. The molecular weight excluding hydrogens is 308 g/mol. The van der Waals surface area contributed by atoms with Crippen molar-refractivity contribution in [2.24, 2.45) is 0 Å². The van der Waals surface area contributed by atoms with Crippen molar-refractivity contribution < 1.29 is 14.2 Å². The molecule has 122 valence electrons. The molecule has 0 unspecified atom stereocenters. The van der Waals surface area contributed by atoms with Crippen LogP contribution in [0.2, 0.25) is 0 Å². The first-order valence-corrected chi connectivity index (χ1v) is 7.60. The van der Waals surface area contributed by atoms with Crippen molar-refractivity contribution in [1.82, 2.24) is 14.8 Å². The van der Waals surface area contributed by atoms with Crippen molar-refractivity contribution >= 4 is 5.69 Å². The van der Waals surface area contributed by atoms with Crippen molar-refractivity contribution in [3.63, 3.8) is 0 Å². The van der Waals surface area contributed by atoms with Crippen LogP contribution in [-0.4, -0.2) is 28.2 Å². The Kier molecular flexibility index (Phi) is 3.45. The first-order valence-electron chi connectivity index (χ1n) is 7.60. The minimum atomic E-state index is 0.230. The van der Waals surface area contributed by atoms with Crippen molar-refractivity contribution in [2.45, 2.75) is 6.92 Å². The van der Waals surface area contributed by atoms with Crippen LogP contribution in [0.15, 0.2) is 42.5 Å². The standard InChI is InChI=1S/C17H16N4O3/c1-2-22-17-19-16(11-3-8-14-15(9-11)24-10-23-14)21(20-17)13-6-4-12(18)5-7-13/h3-9H,2,10,18H2,1H3. The summed E-state index contributed by atoms with van der Waals surface area (Å²) in [5, 5.41) is 4.44. The number of hydrogen-bond acceptors (Lipinski definition) is 6. The number of aromatic nitrogens is 3. The zero-order valence-electron chi connectivity index (χ0n) is 13.1. The molecule has 1 aromatic heterocycles. The van der Waals surface area contributed by atoms with Crippen LogP contribution in [0.4, 0.5) is 5.69 Å². The maximum Gasteiger partial charge on any atom is 0.336 e. The molecule has 0 aliphatic carbocycles. The number of benzene rings is 2. The van der Waals surface area contributed by atoms with Crippen LogP contribution in [0.25, 0.3) is 17.1 Å². The fraction of sp³-hybridized carbons (Fsp3) is 0.176. The van der Waals surface area contributed by atoms with Gasteiger partial charge in [-0.25, -0.2) is 4.68 Å². The van der Waals surface area contributed by atoms with Gasteiger partial charge in [0.05, 0.1) is 12.3 Å². The van der Waals surface area contributed by atoms with Crippen LogP contribution in [0.1, 0.15) is 6.92 Å². The van der Waals surface area contributed by atoms with E-state index in [0.29, 0.717) is 29.9 Å². The maximum atomic E-state index is 5.77. The van der Waals surface area contributed by atoms with Gasteiger partial charge in [-0.15, -0.1) is 5.10 Å². The van der Waals surface area contributed by atoms with Gasteiger partial charge < -0.3 is 19.9 Å². The minimum absolute atomic E-state index is 0.230. The molecule has 3 aromatic rings. The smallest absolute Gasteiger partial charge is 0.336 e. The van der Waals surface area contributed by atoms with E-state index >= 15 is 0 Å². The summed E-state index contributed by atoms with van der Waals surface area (Å²) >= 11 is 0.